The van der Waals surface area contributed by atoms with Crippen molar-refractivity contribution in [1.82, 2.24) is 0 Å². The van der Waals surface area contributed by atoms with Crippen LogP contribution < -0.4 is 4.90 Å². The van der Waals surface area contributed by atoms with E-state index in [1.54, 1.807) is 26.0 Å². The highest BCUT2D eigenvalue weighted by Crippen LogP contribution is 2.33. The van der Waals surface area contributed by atoms with Crippen molar-refractivity contribution in [3.8, 4) is 0 Å². The molecule has 0 aliphatic heterocycles. The molecule has 0 saturated carbocycles. The lowest BCUT2D eigenvalue weighted by Crippen LogP contribution is -2.48. The van der Waals surface area contributed by atoms with Crippen molar-refractivity contribution >= 4 is 40.8 Å². The second kappa shape index (κ2) is 9.87. The number of alkyl halides is 1. The van der Waals surface area contributed by atoms with Gasteiger partial charge in [0.05, 0.1) is 12.3 Å². The summed E-state index contributed by atoms with van der Waals surface area (Å²) in [6.45, 7) is 5.43. The third kappa shape index (κ3) is 4.85. The molecule has 0 heterocycles. The van der Waals surface area contributed by atoms with Crippen LogP contribution in [0.2, 0.25) is 5.02 Å². The molecular weight excluding hydrogens is 353 g/mol. The smallest absolute Gasteiger partial charge is 0.329 e. The standard InChI is InChI=1S/C17H23Cl2NO4/c1-5-24-17(22)14(8-9-18)20(15(21)10-23-4)16-11(2)6-7-13(19)12(16)3/h6-7,14H,5,8-10H2,1-4H3. The van der Waals surface area contributed by atoms with Gasteiger partial charge in [-0.1, -0.05) is 17.7 Å². The number of esters is 1. The summed E-state index contributed by atoms with van der Waals surface area (Å²) >= 11 is 12.1. The maximum atomic E-state index is 12.7. The van der Waals surface area contributed by atoms with Crippen molar-refractivity contribution in [3.05, 3.63) is 28.3 Å². The molecule has 0 aliphatic carbocycles. The van der Waals surface area contributed by atoms with Gasteiger partial charge >= 0.3 is 5.97 Å². The van der Waals surface area contributed by atoms with Gasteiger partial charge in [0.25, 0.3) is 5.91 Å². The Morgan fingerprint density at radius 3 is 2.50 bits per heavy atom. The average molecular weight is 376 g/mol. The monoisotopic (exact) mass is 375 g/mol. The minimum Gasteiger partial charge on any atom is -0.464 e. The second-order valence-electron chi connectivity index (χ2n) is 5.28. The van der Waals surface area contributed by atoms with Gasteiger partial charge in [0.2, 0.25) is 0 Å². The zero-order valence-electron chi connectivity index (χ0n) is 14.4. The van der Waals surface area contributed by atoms with Gasteiger partial charge in [-0.25, -0.2) is 4.79 Å². The van der Waals surface area contributed by atoms with Crippen molar-refractivity contribution < 1.29 is 19.1 Å². The second-order valence-corrected chi connectivity index (χ2v) is 6.07. The van der Waals surface area contributed by atoms with E-state index in [0.717, 1.165) is 5.56 Å². The summed E-state index contributed by atoms with van der Waals surface area (Å²) in [5.74, 6) is -0.644. The van der Waals surface area contributed by atoms with Crippen LogP contribution in [0.1, 0.15) is 24.5 Å². The van der Waals surface area contributed by atoms with E-state index in [1.807, 2.05) is 6.92 Å². The van der Waals surface area contributed by atoms with Crippen LogP contribution in [-0.4, -0.2) is 44.1 Å². The van der Waals surface area contributed by atoms with Crippen LogP contribution in [0.15, 0.2) is 12.1 Å². The molecule has 24 heavy (non-hydrogen) atoms. The molecule has 134 valence electrons. The fraction of sp³-hybridized carbons (Fsp3) is 0.529. The lowest BCUT2D eigenvalue weighted by atomic mass is 10.0. The van der Waals surface area contributed by atoms with Crippen LogP contribution in [0, 0.1) is 13.8 Å². The first-order valence-corrected chi connectivity index (χ1v) is 8.59. The summed E-state index contributed by atoms with van der Waals surface area (Å²) in [5.41, 5.74) is 2.13. The van der Waals surface area contributed by atoms with Crippen molar-refractivity contribution in [1.29, 1.82) is 0 Å². The Hall–Kier alpha value is -1.30. The van der Waals surface area contributed by atoms with Gasteiger partial charge in [-0.2, -0.15) is 0 Å². The molecule has 0 spiro atoms. The Balaban J connectivity index is 3.47. The maximum absolute atomic E-state index is 12.7. The van der Waals surface area contributed by atoms with Gasteiger partial charge in [-0.05, 0) is 44.4 Å². The van der Waals surface area contributed by atoms with E-state index in [9.17, 15) is 9.59 Å². The molecule has 0 saturated heterocycles. The molecule has 7 heteroatoms. The van der Waals surface area contributed by atoms with E-state index in [1.165, 1.54) is 12.0 Å². The highest BCUT2D eigenvalue weighted by molar-refractivity contribution is 6.32. The molecule has 0 fully saturated rings. The number of nitrogens with zero attached hydrogens (tertiary/aromatic N) is 1. The van der Waals surface area contributed by atoms with Crippen LogP contribution in [0.5, 0.6) is 0 Å². The molecule has 1 aromatic rings. The Kier molecular flexibility index (Phi) is 8.53. The number of methoxy groups -OCH3 is 1. The van der Waals surface area contributed by atoms with Gasteiger partial charge in [0.1, 0.15) is 12.6 Å². The lowest BCUT2D eigenvalue weighted by molar-refractivity contribution is -0.146. The number of ether oxygens (including phenoxy) is 2. The number of hydrogen-bond donors (Lipinski definition) is 0. The van der Waals surface area contributed by atoms with E-state index in [4.69, 9.17) is 32.7 Å². The Morgan fingerprint density at radius 2 is 1.96 bits per heavy atom. The minimum absolute atomic E-state index is 0.163. The van der Waals surface area contributed by atoms with Crippen LogP contribution in [0.4, 0.5) is 5.69 Å². The van der Waals surface area contributed by atoms with Gasteiger partial charge in [-0.15, -0.1) is 11.6 Å². The van der Waals surface area contributed by atoms with Crippen molar-refractivity contribution in [2.45, 2.75) is 33.2 Å². The largest absolute Gasteiger partial charge is 0.464 e. The third-order valence-electron chi connectivity index (χ3n) is 3.60. The first kappa shape index (κ1) is 20.7. The molecule has 0 N–H and O–H groups in total. The summed E-state index contributed by atoms with van der Waals surface area (Å²) in [7, 11) is 1.43. The number of rotatable bonds is 8. The third-order valence-corrected chi connectivity index (χ3v) is 4.22. The number of carbonyl (C=O) groups is 2. The molecule has 0 aromatic heterocycles. The summed E-state index contributed by atoms with van der Waals surface area (Å²) in [5, 5.41) is 0.513. The highest BCUT2D eigenvalue weighted by Gasteiger charge is 2.33. The van der Waals surface area contributed by atoms with Crippen molar-refractivity contribution in [3.63, 3.8) is 0 Å². The lowest BCUT2D eigenvalue weighted by Gasteiger charge is -2.32. The van der Waals surface area contributed by atoms with Crippen molar-refractivity contribution in [2.75, 3.05) is 31.1 Å². The first-order chi connectivity index (χ1) is 11.4. The average Bonchev–Trinajstić information content (AvgIpc) is 2.54. The first-order valence-electron chi connectivity index (χ1n) is 7.68. The van der Waals surface area contributed by atoms with Gasteiger partial charge < -0.3 is 9.47 Å². The van der Waals surface area contributed by atoms with Crippen LogP contribution >= 0.6 is 23.2 Å². The molecule has 1 atom stereocenters. The van der Waals surface area contributed by atoms with E-state index in [-0.39, 0.29) is 31.4 Å². The fourth-order valence-electron chi connectivity index (χ4n) is 2.52. The summed E-state index contributed by atoms with van der Waals surface area (Å²) in [4.78, 5) is 26.5. The number of hydrogen-bond acceptors (Lipinski definition) is 4. The topological polar surface area (TPSA) is 55.8 Å². The molecule has 0 radical (unpaired) electrons. The van der Waals surface area contributed by atoms with E-state index >= 15 is 0 Å². The number of benzene rings is 1. The predicted octanol–water partition coefficient (Wildman–Crippen LogP) is 3.50. The Labute approximate surface area is 152 Å². The molecular formula is C17H23Cl2NO4. The SMILES string of the molecule is CCOC(=O)C(CCCl)N(C(=O)COC)c1c(C)ccc(Cl)c1C. The van der Waals surface area contributed by atoms with E-state index in [0.29, 0.717) is 16.3 Å². The molecule has 1 amide bonds. The molecule has 1 aromatic carbocycles. The van der Waals surface area contributed by atoms with E-state index < -0.39 is 12.0 Å². The Morgan fingerprint density at radius 1 is 1.29 bits per heavy atom. The number of halogens is 2. The molecule has 0 aliphatic rings. The highest BCUT2D eigenvalue weighted by atomic mass is 35.5. The number of carbonyl (C=O) groups excluding carboxylic acids is 2. The molecule has 5 nitrogen and oxygen atoms in total. The van der Waals surface area contributed by atoms with Crippen LogP contribution in [-0.2, 0) is 19.1 Å². The maximum Gasteiger partial charge on any atom is 0.329 e. The van der Waals surface area contributed by atoms with Gasteiger partial charge in [0.15, 0.2) is 0 Å². The number of aryl methyl sites for hydroxylation is 1. The number of amides is 1. The normalized spacial score (nSPS) is 11.9. The summed E-state index contributed by atoms with van der Waals surface area (Å²) in [6.07, 6.45) is 0.265. The van der Waals surface area contributed by atoms with Crippen LogP contribution in [0.3, 0.4) is 0 Å². The summed E-state index contributed by atoms with van der Waals surface area (Å²) < 4.78 is 10.1. The molecule has 1 rings (SSSR count). The zero-order chi connectivity index (χ0) is 18.3. The van der Waals surface area contributed by atoms with Crippen molar-refractivity contribution in [2.24, 2.45) is 0 Å². The van der Waals surface area contributed by atoms with Gasteiger partial charge in [0, 0.05) is 18.0 Å². The van der Waals surface area contributed by atoms with E-state index in [2.05, 4.69) is 0 Å². The zero-order valence-corrected chi connectivity index (χ0v) is 15.9. The molecule has 1 unspecified atom stereocenters. The minimum atomic E-state index is -0.832. The quantitative estimate of drug-likeness (QED) is 0.515. The fourth-order valence-corrected chi connectivity index (χ4v) is 2.88. The number of anilines is 1. The van der Waals surface area contributed by atoms with Crippen LogP contribution in [0.25, 0.3) is 0 Å². The summed E-state index contributed by atoms with van der Waals surface area (Å²) in [6, 6.07) is 2.73. The van der Waals surface area contributed by atoms with Gasteiger partial charge in [-0.3, -0.25) is 9.69 Å². The molecule has 0 bridgehead atoms. The predicted molar refractivity (Wildman–Crippen MR) is 96.0 cm³/mol. The Bertz CT molecular complexity index is 592.